The van der Waals surface area contributed by atoms with Crippen LogP contribution in [-0.4, -0.2) is 43.4 Å². The lowest BCUT2D eigenvalue weighted by Gasteiger charge is -2.23. The molecule has 0 spiro atoms. The fourth-order valence-electron chi connectivity index (χ4n) is 3.07. The van der Waals surface area contributed by atoms with Crippen molar-refractivity contribution in [2.75, 3.05) is 26.2 Å². The molecule has 0 bridgehead atoms. The zero-order valence-electron chi connectivity index (χ0n) is 15.9. The van der Waals surface area contributed by atoms with Gasteiger partial charge in [-0.15, -0.1) is 0 Å². The second-order valence-electron chi connectivity index (χ2n) is 7.08. The van der Waals surface area contributed by atoms with Crippen LogP contribution in [0.3, 0.4) is 0 Å². The second kappa shape index (κ2) is 9.58. The van der Waals surface area contributed by atoms with E-state index in [1.54, 1.807) is 13.2 Å². The van der Waals surface area contributed by atoms with Crippen LogP contribution in [0.5, 0.6) is 0 Å². The first-order chi connectivity index (χ1) is 13.1. The van der Waals surface area contributed by atoms with Gasteiger partial charge < -0.3 is 24.9 Å². The lowest BCUT2D eigenvalue weighted by atomic mass is 9.96. The molecule has 2 unspecified atom stereocenters. The minimum Gasteiger partial charge on any atom is -0.469 e. The van der Waals surface area contributed by atoms with Gasteiger partial charge in [-0.2, -0.15) is 0 Å². The van der Waals surface area contributed by atoms with Crippen LogP contribution in [0.1, 0.15) is 31.1 Å². The van der Waals surface area contributed by atoms with Crippen LogP contribution in [-0.2, 0) is 16.8 Å². The average molecular weight is 371 g/mol. The standard InChI is InChI=1S/C21H29N3O3/c1-21(25,17-7-3-2-4-8-17)16-24-20(23-15-19-10-6-14-27-19)22-12-11-18-9-5-13-26-18/h2-5,7-9,13,19,25H,6,10-12,14-16H2,1H3,(H2,22,23,24). The lowest BCUT2D eigenvalue weighted by molar-refractivity contribution is 0.0672. The Morgan fingerprint density at radius 2 is 2.07 bits per heavy atom. The zero-order valence-corrected chi connectivity index (χ0v) is 15.9. The molecule has 1 aromatic heterocycles. The summed E-state index contributed by atoms with van der Waals surface area (Å²) in [6.07, 6.45) is 4.83. The highest BCUT2D eigenvalue weighted by molar-refractivity contribution is 5.79. The first kappa shape index (κ1) is 19.5. The van der Waals surface area contributed by atoms with E-state index in [1.807, 2.05) is 42.5 Å². The third-order valence-corrected chi connectivity index (χ3v) is 4.71. The maximum atomic E-state index is 10.8. The predicted octanol–water partition coefficient (Wildman–Crippen LogP) is 2.44. The summed E-state index contributed by atoms with van der Waals surface area (Å²) in [5, 5.41) is 17.4. The number of hydrogen-bond acceptors (Lipinski definition) is 4. The number of benzene rings is 1. The first-order valence-corrected chi connectivity index (χ1v) is 9.57. The molecule has 2 atom stereocenters. The van der Waals surface area contributed by atoms with E-state index in [4.69, 9.17) is 9.15 Å². The predicted molar refractivity (Wildman–Crippen MR) is 106 cm³/mol. The van der Waals surface area contributed by atoms with E-state index in [-0.39, 0.29) is 12.6 Å². The van der Waals surface area contributed by atoms with Crippen molar-refractivity contribution in [3.63, 3.8) is 0 Å². The number of rotatable bonds is 8. The number of ether oxygens (including phenoxy) is 1. The molecular formula is C21H29N3O3. The molecule has 1 saturated heterocycles. The molecule has 3 N–H and O–H groups in total. The molecular weight excluding hydrogens is 342 g/mol. The van der Waals surface area contributed by atoms with Gasteiger partial charge in [-0.05, 0) is 37.5 Å². The van der Waals surface area contributed by atoms with Gasteiger partial charge in [0.2, 0.25) is 0 Å². The van der Waals surface area contributed by atoms with Gasteiger partial charge in [0.15, 0.2) is 5.96 Å². The minimum atomic E-state index is -1.03. The molecule has 2 heterocycles. The molecule has 6 heteroatoms. The Balaban J connectivity index is 1.58. The van der Waals surface area contributed by atoms with Crippen LogP contribution in [0.2, 0.25) is 0 Å². The zero-order chi connectivity index (χ0) is 19.0. The molecule has 1 aromatic carbocycles. The van der Waals surface area contributed by atoms with E-state index in [0.717, 1.165) is 37.2 Å². The van der Waals surface area contributed by atoms with Gasteiger partial charge in [-0.3, -0.25) is 0 Å². The third kappa shape index (κ3) is 6.12. The van der Waals surface area contributed by atoms with Crippen molar-refractivity contribution < 1.29 is 14.3 Å². The normalized spacial score (nSPS) is 19.6. The van der Waals surface area contributed by atoms with Crippen molar-refractivity contribution >= 4 is 5.96 Å². The van der Waals surface area contributed by atoms with Crippen molar-refractivity contribution in [1.82, 2.24) is 10.6 Å². The number of aliphatic imine (C=N–C) groups is 1. The second-order valence-corrected chi connectivity index (χ2v) is 7.08. The maximum absolute atomic E-state index is 10.8. The molecule has 3 rings (SSSR count). The Labute approximate surface area is 160 Å². The van der Waals surface area contributed by atoms with E-state index in [9.17, 15) is 5.11 Å². The van der Waals surface area contributed by atoms with Crippen LogP contribution in [0.25, 0.3) is 0 Å². The monoisotopic (exact) mass is 371 g/mol. The third-order valence-electron chi connectivity index (χ3n) is 4.71. The molecule has 1 aliphatic rings. The van der Waals surface area contributed by atoms with Gasteiger partial charge in [0, 0.05) is 26.1 Å². The Bertz CT molecular complexity index is 693. The molecule has 0 amide bonds. The molecule has 0 aliphatic carbocycles. The van der Waals surface area contributed by atoms with Crippen LogP contribution >= 0.6 is 0 Å². The molecule has 1 aliphatic heterocycles. The summed E-state index contributed by atoms with van der Waals surface area (Å²) in [5.74, 6) is 1.60. The fourth-order valence-corrected chi connectivity index (χ4v) is 3.07. The van der Waals surface area contributed by atoms with Crippen molar-refractivity contribution in [2.24, 2.45) is 4.99 Å². The van der Waals surface area contributed by atoms with Gasteiger partial charge in [0.1, 0.15) is 11.4 Å². The molecule has 146 valence electrons. The quantitative estimate of drug-likeness (QED) is 0.491. The Morgan fingerprint density at radius 1 is 1.22 bits per heavy atom. The molecule has 0 saturated carbocycles. The summed E-state index contributed by atoms with van der Waals surface area (Å²) in [6.45, 7) is 4.27. The highest BCUT2D eigenvalue weighted by atomic mass is 16.5. The van der Waals surface area contributed by atoms with E-state index >= 15 is 0 Å². The Morgan fingerprint density at radius 3 is 2.78 bits per heavy atom. The number of hydrogen-bond donors (Lipinski definition) is 3. The summed E-state index contributed by atoms with van der Waals surface area (Å²) in [7, 11) is 0. The van der Waals surface area contributed by atoms with Crippen molar-refractivity contribution in [3.8, 4) is 0 Å². The van der Waals surface area contributed by atoms with Crippen LogP contribution < -0.4 is 10.6 Å². The molecule has 1 fully saturated rings. The highest BCUT2D eigenvalue weighted by Gasteiger charge is 2.23. The maximum Gasteiger partial charge on any atom is 0.191 e. The van der Waals surface area contributed by atoms with Gasteiger partial charge in [0.05, 0.1) is 18.9 Å². The summed E-state index contributed by atoms with van der Waals surface area (Å²) >= 11 is 0. The van der Waals surface area contributed by atoms with Gasteiger partial charge in [-0.25, -0.2) is 4.99 Å². The highest BCUT2D eigenvalue weighted by Crippen LogP contribution is 2.20. The fraction of sp³-hybridized carbons (Fsp3) is 0.476. The Kier molecular flexibility index (Phi) is 6.90. The molecule has 6 nitrogen and oxygen atoms in total. The largest absolute Gasteiger partial charge is 0.469 e. The SMILES string of the molecule is CC(O)(CN=C(NCCc1ccco1)NCC1CCCO1)c1ccccc1. The van der Waals surface area contributed by atoms with Gasteiger partial charge >= 0.3 is 0 Å². The van der Waals surface area contributed by atoms with Crippen molar-refractivity contribution in [3.05, 3.63) is 60.1 Å². The summed E-state index contributed by atoms with van der Waals surface area (Å²) in [6, 6.07) is 13.5. The Hall–Kier alpha value is -2.31. The lowest BCUT2D eigenvalue weighted by Crippen LogP contribution is -2.42. The van der Waals surface area contributed by atoms with E-state index < -0.39 is 5.60 Å². The first-order valence-electron chi connectivity index (χ1n) is 9.57. The van der Waals surface area contributed by atoms with E-state index in [1.165, 1.54) is 0 Å². The topological polar surface area (TPSA) is 79.0 Å². The summed E-state index contributed by atoms with van der Waals surface area (Å²) < 4.78 is 11.0. The summed E-state index contributed by atoms with van der Waals surface area (Å²) in [5.41, 5.74) is -0.177. The number of nitrogens with one attached hydrogen (secondary N) is 2. The number of guanidine groups is 1. The van der Waals surface area contributed by atoms with Crippen LogP contribution in [0, 0.1) is 0 Å². The van der Waals surface area contributed by atoms with E-state index in [0.29, 0.717) is 19.0 Å². The van der Waals surface area contributed by atoms with Gasteiger partial charge in [-0.1, -0.05) is 30.3 Å². The van der Waals surface area contributed by atoms with E-state index in [2.05, 4.69) is 15.6 Å². The molecule has 27 heavy (non-hydrogen) atoms. The number of nitrogens with zero attached hydrogens (tertiary/aromatic N) is 1. The number of furan rings is 1. The minimum absolute atomic E-state index is 0.219. The average Bonchev–Trinajstić information content (AvgIpc) is 3.38. The van der Waals surface area contributed by atoms with Gasteiger partial charge in [0.25, 0.3) is 0 Å². The van der Waals surface area contributed by atoms with Crippen molar-refractivity contribution in [1.29, 1.82) is 0 Å². The number of aliphatic hydroxyl groups is 1. The van der Waals surface area contributed by atoms with Crippen LogP contribution in [0.15, 0.2) is 58.1 Å². The molecule has 2 aromatic rings. The van der Waals surface area contributed by atoms with Crippen LogP contribution in [0.4, 0.5) is 0 Å². The molecule has 0 radical (unpaired) electrons. The van der Waals surface area contributed by atoms with Crippen molar-refractivity contribution in [2.45, 2.75) is 37.9 Å². The summed E-state index contributed by atoms with van der Waals surface area (Å²) in [4.78, 5) is 4.61. The smallest absolute Gasteiger partial charge is 0.191 e.